The van der Waals surface area contributed by atoms with Crippen LogP contribution in [0.15, 0.2) is 66.9 Å². The molecule has 1 atom stereocenters. The summed E-state index contributed by atoms with van der Waals surface area (Å²) in [6.07, 6.45) is -2.93. The van der Waals surface area contributed by atoms with Gasteiger partial charge in [0.25, 0.3) is 0 Å². The zero-order chi connectivity index (χ0) is 23.6. The number of nitrogens with one attached hydrogen (secondary N) is 2. The van der Waals surface area contributed by atoms with E-state index in [4.69, 9.17) is 4.74 Å². The number of benzene rings is 2. The summed E-state index contributed by atoms with van der Waals surface area (Å²) in [5.41, 5.74) is -2.11. The first-order valence-electron chi connectivity index (χ1n) is 10.0. The number of hydrogen-bond acceptors (Lipinski definition) is 4. The SMILES string of the molecule is Cn1nc(-c2ccccc2)c2c1NC=CC2(OCC(=O)NCc1cccc(F)c1)C(F)(F)F. The van der Waals surface area contributed by atoms with Gasteiger partial charge in [-0.3, -0.25) is 9.48 Å². The number of amides is 1. The monoisotopic (exact) mass is 460 g/mol. The molecule has 3 aromatic rings. The van der Waals surface area contributed by atoms with Crippen LogP contribution in [0.3, 0.4) is 0 Å². The zero-order valence-electron chi connectivity index (χ0n) is 17.5. The molecule has 6 nitrogen and oxygen atoms in total. The maximum atomic E-state index is 14.5. The molecule has 1 unspecified atom stereocenters. The normalized spacial score (nSPS) is 17.4. The number of carbonyl (C=O) groups excluding carboxylic acids is 1. The van der Waals surface area contributed by atoms with Gasteiger partial charge >= 0.3 is 6.18 Å². The van der Waals surface area contributed by atoms with E-state index in [2.05, 4.69) is 15.7 Å². The quantitative estimate of drug-likeness (QED) is 0.540. The Morgan fingerprint density at radius 3 is 2.64 bits per heavy atom. The number of rotatable bonds is 6. The van der Waals surface area contributed by atoms with E-state index in [1.807, 2.05) is 0 Å². The van der Waals surface area contributed by atoms with Gasteiger partial charge in [0.2, 0.25) is 11.5 Å². The number of aromatic nitrogens is 2. The smallest absolute Gasteiger partial charge is 0.350 e. The lowest BCUT2D eigenvalue weighted by molar-refractivity contribution is -0.262. The first-order valence-corrected chi connectivity index (χ1v) is 10.0. The molecule has 33 heavy (non-hydrogen) atoms. The lowest BCUT2D eigenvalue weighted by Crippen LogP contribution is -2.47. The molecule has 1 amide bonds. The van der Waals surface area contributed by atoms with Crippen molar-refractivity contribution in [1.82, 2.24) is 15.1 Å². The van der Waals surface area contributed by atoms with E-state index in [-0.39, 0.29) is 23.6 Å². The van der Waals surface area contributed by atoms with Crippen LogP contribution in [0.5, 0.6) is 0 Å². The van der Waals surface area contributed by atoms with Gasteiger partial charge in [-0.25, -0.2) is 4.39 Å². The van der Waals surface area contributed by atoms with Crippen LogP contribution in [0.2, 0.25) is 0 Å². The van der Waals surface area contributed by atoms with E-state index < -0.39 is 30.1 Å². The highest BCUT2D eigenvalue weighted by molar-refractivity contribution is 5.78. The third kappa shape index (κ3) is 4.34. The molecule has 172 valence electrons. The number of alkyl halides is 3. The van der Waals surface area contributed by atoms with Gasteiger partial charge in [-0.05, 0) is 23.8 Å². The first-order chi connectivity index (χ1) is 15.7. The Morgan fingerprint density at radius 1 is 1.18 bits per heavy atom. The Labute approximate surface area is 186 Å². The number of ether oxygens (including phenoxy) is 1. The number of carbonyl (C=O) groups is 1. The fraction of sp³-hybridized carbons (Fsp3) is 0.217. The maximum Gasteiger partial charge on any atom is 0.425 e. The van der Waals surface area contributed by atoms with Crippen LogP contribution in [0.4, 0.5) is 23.4 Å². The average Bonchev–Trinajstić information content (AvgIpc) is 3.13. The zero-order valence-corrected chi connectivity index (χ0v) is 17.5. The van der Waals surface area contributed by atoms with Crippen LogP contribution in [0.1, 0.15) is 11.1 Å². The number of nitrogens with zero attached hydrogens (tertiary/aromatic N) is 2. The van der Waals surface area contributed by atoms with Crippen molar-refractivity contribution in [3.63, 3.8) is 0 Å². The first kappa shape index (κ1) is 22.5. The van der Waals surface area contributed by atoms with Crippen molar-refractivity contribution in [3.8, 4) is 11.3 Å². The van der Waals surface area contributed by atoms with Crippen LogP contribution < -0.4 is 10.6 Å². The largest absolute Gasteiger partial charge is 0.425 e. The Kier molecular flexibility index (Phi) is 5.94. The van der Waals surface area contributed by atoms with E-state index in [9.17, 15) is 22.4 Å². The number of fused-ring (bicyclic) bond motifs is 1. The second-order valence-electron chi connectivity index (χ2n) is 7.47. The predicted molar refractivity (Wildman–Crippen MR) is 113 cm³/mol. The van der Waals surface area contributed by atoms with Crippen molar-refractivity contribution in [2.45, 2.75) is 18.3 Å². The second-order valence-corrected chi connectivity index (χ2v) is 7.47. The maximum absolute atomic E-state index is 14.5. The van der Waals surface area contributed by atoms with Gasteiger partial charge in [0, 0.05) is 25.4 Å². The number of aryl methyl sites for hydroxylation is 1. The summed E-state index contributed by atoms with van der Waals surface area (Å²) in [6.45, 7) is -0.925. The van der Waals surface area contributed by atoms with Gasteiger partial charge in [0.05, 0.1) is 5.56 Å². The van der Waals surface area contributed by atoms with Gasteiger partial charge in [-0.2, -0.15) is 18.3 Å². The molecule has 2 heterocycles. The molecule has 4 rings (SSSR count). The molecular weight excluding hydrogens is 440 g/mol. The van der Waals surface area contributed by atoms with Gasteiger partial charge in [0.1, 0.15) is 23.9 Å². The van der Waals surface area contributed by atoms with E-state index in [0.29, 0.717) is 11.1 Å². The van der Waals surface area contributed by atoms with E-state index in [1.54, 1.807) is 36.4 Å². The van der Waals surface area contributed by atoms with Crippen molar-refractivity contribution in [2.75, 3.05) is 11.9 Å². The van der Waals surface area contributed by atoms with Crippen LogP contribution in [0.25, 0.3) is 11.3 Å². The van der Waals surface area contributed by atoms with Crippen LogP contribution in [-0.4, -0.2) is 28.5 Å². The molecule has 0 fully saturated rings. The molecule has 2 aromatic carbocycles. The van der Waals surface area contributed by atoms with Crippen molar-refractivity contribution in [1.29, 1.82) is 0 Å². The minimum absolute atomic E-state index is 0.0518. The molecule has 10 heteroatoms. The van der Waals surface area contributed by atoms with Gasteiger partial charge in [-0.1, -0.05) is 42.5 Å². The Morgan fingerprint density at radius 2 is 1.94 bits per heavy atom. The number of anilines is 1. The third-order valence-electron chi connectivity index (χ3n) is 5.23. The van der Waals surface area contributed by atoms with Crippen LogP contribution in [0, 0.1) is 5.82 Å². The van der Waals surface area contributed by atoms with E-state index in [1.165, 1.54) is 29.9 Å². The molecular formula is C23H20F4N4O2. The number of halogens is 4. The van der Waals surface area contributed by atoms with E-state index >= 15 is 0 Å². The standard InChI is InChI=1S/C23H20F4N4O2/c1-31-21-19(20(30-31)16-7-3-2-4-8-16)22(10-11-28-21,23(25,26)27)33-14-18(32)29-13-15-6-5-9-17(24)12-15/h2-12,28H,13-14H2,1H3,(H,29,32). The van der Waals surface area contributed by atoms with Crippen molar-refractivity contribution in [3.05, 3.63) is 83.8 Å². The highest BCUT2D eigenvalue weighted by Gasteiger charge is 2.60. The summed E-state index contributed by atoms with van der Waals surface area (Å²) in [5, 5.41) is 9.52. The lowest BCUT2D eigenvalue weighted by Gasteiger charge is -2.35. The molecule has 0 bridgehead atoms. The molecule has 0 aliphatic carbocycles. The summed E-state index contributed by atoms with van der Waals surface area (Å²) >= 11 is 0. The lowest BCUT2D eigenvalue weighted by atomic mass is 9.88. The van der Waals surface area contributed by atoms with E-state index in [0.717, 1.165) is 12.3 Å². The topological polar surface area (TPSA) is 68.2 Å². The van der Waals surface area contributed by atoms with Gasteiger partial charge in [-0.15, -0.1) is 0 Å². The van der Waals surface area contributed by atoms with Crippen molar-refractivity contribution >= 4 is 11.7 Å². The third-order valence-corrected chi connectivity index (χ3v) is 5.23. The second kappa shape index (κ2) is 8.70. The summed E-state index contributed by atoms with van der Waals surface area (Å²) in [4.78, 5) is 12.3. The Bertz CT molecular complexity index is 1190. The molecule has 0 spiro atoms. The van der Waals surface area contributed by atoms with Gasteiger partial charge in [0.15, 0.2) is 0 Å². The van der Waals surface area contributed by atoms with Gasteiger partial charge < -0.3 is 15.4 Å². The molecule has 0 saturated carbocycles. The fourth-order valence-corrected chi connectivity index (χ4v) is 3.68. The molecule has 0 radical (unpaired) electrons. The van der Waals surface area contributed by atoms with Crippen molar-refractivity contribution < 1.29 is 27.1 Å². The minimum atomic E-state index is -4.89. The van der Waals surface area contributed by atoms with Crippen molar-refractivity contribution in [2.24, 2.45) is 7.05 Å². The molecule has 0 saturated heterocycles. The summed E-state index contributed by atoms with van der Waals surface area (Å²) in [7, 11) is 1.52. The summed E-state index contributed by atoms with van der Waals surface area (Å²) < 4.78 is 63.5. The molecule has 1 aromatic heterocycles. The highest BCUT2D eigenvalue weighted by atomic mass is 19.4. The minimum Gasteiger partial charge on any atom is -0.350 e. The summed E-state index contributed by atoms with van der Waals surface area (Å²) in [5.74, 6) is -1.15. The van der Waals surface area contributed by atoms with Crippen LogP contribution >= 0.6 is 0 Å². The molecule has 1 aliphatic rings. The molecule has 2 N–H and O–H groups in total. The summed E-state index contributed by atoms with van der Waals surface area (Å²) in [6, 6.07) is 14.0. The fourth-order valence-electron chi connectivity index (χ4n) is 3.68. The Hall–Kier alpha value is -3.66. The average molecular weight is 460 g/mol. The Balaban J connectivity index is 1.63. The molecule has 1 aliphatic heterocycles. The van der Waals surface area contributed by atoms with Crippen LogP contribution in [-0.2, 0) is 28.7 Å². The number of hydrogen-bond donors (Lipinski definition) is 2. The predicted octanol–water partition coefficient (Wildman–Crippen LogP) is 4.26. The highest BCUT2D eigenvalue weighted by Crippen LogP contribution is 2.51.